The number of aliphatic hydroxyl groups excluding tert-OH is 1. The number of thiazole rings is 1. The van der Waals surface area contributed by atoms with Crippen molar-refractivity contribution in [3.63, 3.8) is 0 Å². The van der Waals surface area contributed by atoms with Gasteiger partial charge in [0.2, 0.25) is 0 Å². The van der Waals surface area contributed by atoms with Crippen LogP contribution in [-0.2, 0) is 6.54 Å². The summed E-state index contributed by atoms with van der Waals surface area (Å²) in [6, 6.07) is 10.0. The van der Waals surface area contributed by atoms with Crippen LogP contribution in [0.1, 0.15) is 4.88 Å². The van der Waals surface area contributed by atoms with Gasteiger partial charge in [0.05, 0.1) is 13.2 Å². The molecule has 0 radical (unpaired) electrons. The first-order valence-corrected chi connectivity index (χ1v) is 6.22. The molecule has 2 rings (SSSR count). The van der Waals surface area contributed by atoms with Gasteiger partial charge in [-0.25, -0.2) is 4.98 Å². The molecule has 1 aromatic heterocycles. The van der Waals surface area contributed by atoms with E-state index in [9.17, 15) is 0 Å². The third-order valence-electron chi connectivity index (χ3n) is 2.41. The van der Waals surface area contributed by atoms with E-state index in [2.05, 4.69) is 9.88 Å². The summed E-state index contributed by atoms with van der Waals surface area (Å²) in [5.74, 6) is 0. The van der Waals surface area contributed by atoms with Gasteiger partial charge in [-0.2, -0.15) is 0 Å². The van der Waals surface area contributed by atoms with Gasteiger partial charge < -0.3 is 15.7 Å². The van der Waals surface area contributed by atoms with Crippen molar-refractivity contribution in [3.8, 4) is 0 Å². The maximum Gasteiger partial charge on any atom is 0.180 e. The molecule has 2 aromatic rings. The summed E-state index contributed by atoms with van der Waals surface area (Å²) in [6.07, 6.45) is 1.79. The fraction of sp³-hybridized carbons (Fsp3) is 0.250. The Morgan fingerprint density at radius 1 is 1.29 bits per heavy atom. The molecule has 0 saturated heterocycles. The summed E-state index contributed by atoms with van der Waals surface area (Å²) in [5.41, 5.74) is 6.70. The number of para-hydroxylation sites is 1. The Kier molecular flexibility index (Phi) is 3.95. The van der Waals surface area contributed by atoms with E-state index in [0.717, 1.165) is 17.1 Å². The van der Waals surface area contributed by atoms with E-state index < -0.39 is 0 Å². The van der Waals surface area contributed by atoms with Gasteiger partial charge in [-0.15, -0.1) is 11.3 Å². The summed E-state index contributed by atoms with van der Waals surface area (Å²) >= 11 is 1.48. The minimum absolute atomic E-state index is 0.128. The first kappa shape index (κ1) is 11.9. The molecule has 0 aliphatic rings. The van der Waals surface area contributed by atoms with Crippen molar-refractivity contribution in [2.75, 3.05) is 23.8 Å². The third-order valence-corrected chi connectivity index (χ3v) is 3.22. The number of hydrogen-bond donors (Lipinski definition) is 2. The maximum atomic E-state index is 9.10. The molecule has 0 unspecified atom stereocenters. The molecule has 0 saturated carbocycles. The van der Waals surface area contributed by atoms with Gasteiger partial charge in [0.15, 0.2) is 5.13 Å². The van der Waals surface area contributed by atoms with Crippen LogP contribution in [0.4, 0.5) is 10.8 Å². The number of hydrogen-bond acceptors (Lipinski definition) is 5. The second-order valence-electron chi connectivity index (χ2n) is 3.65. The SMILES string of the molecule is Nc1ncc(CN(CCO)c2ccccc2)s1. The molecule has 0 amide bonds. The molecule has 0 aliphatic heterocycles. The molecule has 0 fully saturated rings. The lowest BCUT2D eigenvalue weighted by Gasteiger charge is -2.22. The molecular formula is C12H15N3OS. The smallest absolute Gasteiger partial charge is 0.180 e. The number of benzene rings is 1. The van der Waals surface area contributed by atoms with Gasteiger partial charge in [-0.3, -0.25) is 0 Å². The fourth-order valence-corrected chi connectivity index (χ4v) is 2.34. The average Bonchev–Trinajstić information content (AvgIpc) is 2.75. The van der Waals surface area contributed by atoms with Crippen molar-refractivity contribution < 1.29 is 5.11 Å². The highest BCUT2D eigenvalue weighted by atomic mass is 32.1. The quantitative estimate of drug-likeness (QED) is 0.847. The van der Waals surface area contributed by atoms with Crippen LogP contribution in [0.25, 0.3) is 0 Å². The molecule has 5 heteroatoms. The first-order valence-electron chi connectivity index (χ1n) is 5.40. The highest BCUT2D eigenvalue weighted by molar-refractivity contribution is 7.15. The molecule has 0 spiro atoms. The summed E-state index contributed by atoms with van der Waals surface area (Å²) in [7, 11) is 0. The lowest BCUT2D eigenvalue weighted by molar-refractivity contribution is 0.301. The van der Waals surface area contributed by atoms with Crippen LogP contribution in [0.15, 0.2) is 36.5 Å². The van der Waals surface area contributed by atoms with Crippen molar-refractivity contribution in [2.45, 2.75) is 6.54 Å². The van der Waals surface area contributed by atoms with Crippen LogP contribution < -0.4 is 10.6 Å². The standard InChI is InChI=1S/C12H15N3OS/c13-12-14-8-11(17-12)9-15(6-7-16)10-4-2-1-3-5-10/h1-5,8,16H,6-7,9H2,(H2,13,14). The van der Waals surface area contributed by atoms with Crippen LogP contribution in [0, 0.1) is 0 Å². The Hall–Kier alpha value is -1.59. The van der Waals surface area contributed by atoms with Gasteiger partial charge in [0, 0.05) is 23.3 Å². The molecule has 3 N–H and O–H groups in total. The molecule has 0 aliphatic carbocycles. The second kappa shape index (κ2) is 5.65. The lowest BCUT2D eigenvalue weighted by atomic mass is 10.3. The van der Waals surface area contributed by atoms with E-state index in [1.54, 1.807) is 6.20 Å². The molecule has 4 nitrogen and oxygen atoms in total. The number of aliphatic hydroxyl groups is 1. The van der Waals surface area contributed by atoms with Crippen LogP contribution in [0.5, 0.6) is 0 Å². The second-order valence-corrected chi connectivity index (χ2v) is 4.79. The fourth-order valence-electron chi connectivity index (χ4n) is 1.64. The van der Waals surface area contributed by atoms with E-state index in [1.807, 2.05) is 30.3 Å². The van der Waals surface area contributed by atoms with Crippen molar-refractivity contribution in [3.05, 3.63) is 41.4 Å². The van der Waals surface area contributed by atoms with Gasteiger partial charge in [-0.05, 0) is 12.1 Å². The monoisotopic (exact) mass is 249 g/mol. The summed E-state index contributed by atoms with van der Waals surface area (Å²) in [5, 5.41) is 9.68. The summed E-state index contributed by atoms with van der Waals surface area (Å²) < 4.78 is 0. The van der Waals surface area contributed by atoms with Crippen molar-refractivity contribution in [1.82, 2.24) is 4.98 Å². The normalized spacial score (nSPS) is 10.4. The predicted molar refractivity (Wildman–Crippen MR) is 71.1 cm³/mol. The highest BCUT2D eigenvalue weighted by Crippen LogP contribution is 2.20. The molecule has 17 heavy (non-hydrogen) atoms. The Bertz CT molecular complexity index is 458. The predicted octanol–water partition coefficient (Wildman–Crippen LogP) is 1.72. The van der Waals surface area contributed by atoms with Gasteiger partial charge in [-0.1, -0.05) is 18.2 Å². The van der Waals surface area contributed by atoms with Crippen molar-refractivity contribution in [2.24, 2.45) is 0 Å². The molecule has 1 aromatic carbocycles. The first-order chi connectivity index (χ1) is 8.29. The number of nitrogens with two attached hydrogens (primary N) is 1. The van der Waals surface area contributed by atoms with Crippen LogP contribution in [0.3, 0.4) is 0 Å². The molecule has 1 heterocycles. The van der Waals surface area contributed by atoms with Crippen molar-refractivity contribution >= 4 is 22.2 Å². The number of rotatable bonds is 5. The van der Waals surface area contributed by atoms with E-state index >= 15 is 0 Å². The molecule has 0 atom stereocenters. The minimum atomic E-state index is 0.128. The summed E-state index contributed by atoms with van der Waals surface area (Å²) in [4.78, 5) is 7.23. The van der Waals surface area contributed by atoms with E-state index in [1.165, 1.54) is 11.3 Å². The van der Waals surface area contributed by atoms with Gasteiger partial charge >= 0.3 is 0 Å². The molecule has 0 bridgehead atoms. The van der Waals surface area contributed by atoms with Crippen LogP contribution in [0.2, 0.25) is 0 Å². The molecule has 90 valence electrons. The highest BCUT2D eigenvalue weighted by Gasteiger charge is 2.08. The largest absolute Gasteiger partial charge is 0.395 e. The topological polar surface area (TPSA) is 62.4 Å². The Morgan fingerprint density at radius 2 is 2.06 bits per heavy atom. The number of anilines is 2. The third kappa shape index (κ3) is 3.18. The van der Waals surface area contributed by atoms with E-state index in [4.69, 9.17) is 10.8 Å². The van der Waals surface area contributed by atoms with Crippen LogP contribution >= 0.6 is 11.3 Å². The molecular weight excluding hydrogens is 234 g/mol. The Balaban J connectivity index is 2.13. The average molecular weight is 249 g/mol. The minimum Gasteiger partial charge on any atom is -0.395 e. The lowest BCUT2D eigenvalue weighted by Crippen LogP contribution is -2.25. The zero-order chi connectivity index (χ0) is 12.1. The Labute approximate surface area is 104 Å². The summed E-state index contributed by atoms with van der Waals surface area (Å²) in [6.45, 7) is 1.45. The number of aromatic nitrogens is 1. The van der Waals surface area contributed by atoms with Gasteiger partial charge in [0.1, 0.15) is 0 Å². The zero-order valence-electron chi connectivity index (χ0n) is 9.41. The van der Waals surface area contributed by atoms with Crippen molar-refractivity contribution in [1.29, 1.82) is 0 Å². The van der Waals surface area contributed by atoms with Crippen LogP contribution in [-0.4, -0.2) is 23.2 Å². The van der Waals surface area contributed by atoms with E-state index in [-0.39, 0.29) is 6.61 Å². The maximum absolute atomic E-state index is 9.10. The van der Waals surface area contributed by atoms with Gasteiger partial charge in [0.25, 0.3) is 0 Å². The number of nitrogens with zero attached hydrogens (tertiary/aromatic N) is 2. The number of nitrogen functional groups attached to an aromatic ring is 1. The Morgan fingerprint density at radius 3 is 2.65 bits per heavy atom. The van der Waals surface area contributed by atoms with E-state index in [0.29, 0.717) is 11.7 Å². The zero-order valence-corrected chi connectivity index (χ0v) is 10.2.